The zero-order chi connectivity index (χ0) is 14.9. The largest absolute Gasteiger partial charge is 0.478 e. The van der Waals surface area contributed by atoms with Crippen molar-refractivity contribution in [1.82, 2.24) is 14.7 Å². The molecule has 5 heteroatoms. The summed E-state index contributed by atoms with van der Waals surface area (Å²) in [5, 5.41) is 13.7. The van der Waals surface area contributed by atoms with Gasteiger partial charge in [0, 0.05) is 12.6 Å². The van der Waals surface area contributed by atoms with Crippen LogP contribution < -0.4 is 0 Å². The van der Waals surface area contributed by atoms with E-state index < -0.39 is 5.97 Å². The molecule has 1 aromatic rings. The number of aromatic carboxylic acids is 1. The lowest BCUT2D eigenvalue weighted by atomic mass is 10.0. The Bertz CT molecular complexity index is 488. The molecule has 0 aromatic carbocycles. The third kappa shape index (κ3) is 3.03. The fourth-order valence-electron chi connectivity index (χ4n) is 2.87. The van der Waals surface area contributed by atoms with Gasteiger partial charge in [-0.3, -0.25) is 9.58 Å². The van der Waals surface area contributed by atoms with E-state index in [4.69, 9.17) is 0 Å². The van der Waals surface area contributed by atoms with Crippen LogP contribution in [0.4, 0.5) is 0 Å². The molecular formula is C15H25N3O2. The van der Waals surface area contributed by atoms with E-state index in [9.17, 15) is 9.90 Å². The third-order valence-corrected chi connectivity index (χ3v) is 4.03. The number of carboxylic acids is 1. The second kappa shape index (κ2) is 5.56. The van der Waals surface area contributed by atoms with Crippen molar-refractivity contribution >= 4 is 5.97 Å². The SMILES string of the molecule is CC1CCCCN1Cc1c(C(=O)O)cnn1C(C)(C)C. The van der Waals surface area contributed by atoms with Crippen LogP contribution in [0.15, 0.2) is 6.20 Å². The summed E-state index contributed by atoms with van der Waals surface area (Å²) in [4.78, 5) is 13.8. The smallest absolute Gasteiger partial charge is 0.339 e. The minimum atomic E-state index is -0.889. The Kier molecular flexibility index (Phi) is 4.18. The summed E-state index contributed by atoms with van der Waals surface area (Å²) in [5.41, 5.74) is 0.943. The minimum Gasteiger partial charge on any atom is -0.478 e. The lowest BCUT2D eigenvalue weighted by Gasteiger charge is -2.34. The van der Waals surface area contributed by atoms with Gasteiger partial charge < -0.3 is 5.11 Å². The Hall–Kier alpha value is -1.36. The first-order chi connectivity index (χ1) is 9.30. The topological polar surface area (TPSA) is 58.4 Å². The Morgan fingerprint density at radius 3 is 2.70 bits per heavy atom. The molecule has 0 aliphatic carbocycles. The average Bonchev–Trinajstić information content (AvgIpc) is 2.75. The lowest BCUT2D eigenvalue weighted by Crippen LogP contribution is -2.39. The minimum absolute atomic E-state index is 0.206. The number of hydrogen-bond acceptors (Lipinski definition) is 3. The number of carboxylic acid groups (broad SMARTS) is 1. The van der Waals surface area contributed by atoms with Gasteiger partial charge >= 0.3 is 5.97 Å². The molecule has 112 valence electrons. The highest BCUT2D eigenvalue weighted by atomic mass is 16.4. The summed E-state index contributed by atoms with van der Waals surface area (Å²) < 4.78 is 1.86. The quantitative estimate of drug-likeness (QED) is 0.924. The highest BCUT2D eigenvalue weighted by Gasteiger charge is 2.27. The van der Waals surface area contributed by atoms with Gasteiger partial charge in [-0.25, -0.2) is 4.79 Å². The Morgan fingerprint density at radius 1 is 1.45 bits per heavy atom. The Balaban J connectivity index is 2.32. The fraction of sp³-hybridized carbons (Fsp3) is 0.733. The third-order valence-electron chi connectivity index (χ3n) is 4.03. The Labute approximate surface area is 120 Å². The Morgan fingerprint density at radius 2 is 2.15 bits per heavy atom. The van der Waals surface area contributed by atoms with Crippen LogP contribution in [-0.4, -0.2) is 38.3 Å². The van der Waals surface area contributed by atoms with Crippen LogP contribution in [0.5, 0.6) is 0 Å². The number of rotatable bonds is 3. The zero-order valence-electron chi connectivity index (χ0n) is 12.9. The number of aromatic nitrogens is 2. The van der Waals surface area contributed by atoms with Crippen LogP contribution in [0.25, 0.3) is 0 Å². The number of hydrogen-bond donors (Lipinski definition) is 1. The number of likely N-dealkylation sites (tertiary alicyclic amines) is 1. The van der Waals surface area contributed by atoms with E-state index in [0.29, 0.717) is 18.2 Å². The predicted molar refractivity (Wildman–Crippen MR) is 77.9 cm³/mol. The molecule has 1 atom stereocenters. The van der Waals surface area contributed by atoms with E-state index in [1.54, 1.807) is 0 Å². The highest BCUT2D eigenvalue weighted by molar-refractivity contribution is 5.88. The number of carbonyl (C=O) groups is 1. The summed E-state index contributed by atoms with van der Waals surface area (Å²) in [7, 11) is 0. The standard InChI is InChI=1S/C15H25N3O2/c1-11-7-5-6-8-17(11)10-13-12(14(19)20)9-16-18(13)15(2,3)4/h9,11H,5-8,10H2,1-4H3,(H,19,20). The van der Waals surface area contributed by atoms with Crippen molar-refractivity contribution < 1.29 is 9.90 Å². The maximum absolute atomic E-state index is 11.4. The first-order valence-electron chi connectivity index (χ1n) is 7.35. The van der Waals surface area contributed by atoms with Crippen LogP contribution in [0, 0.1) is 0 Å². The molecule has 1 aliphatic heterocycles. The van der Waals surface area contributed by atoms with Crippen LogP contribution in [0.2, 0.25) is 0 Å². The molecule has 0 amide bonds. The van der Waals surface area contributed by atoms with E-state index in [-0.39, 0.29) is 5.54 Å². The van der Waals surface area contributed by atoms with Gasteiger partial charge in [0.25, 0.3) is 0 Å². The van der Waals surface area contributed by atoms with Crippen LogP contribution in [0.3, 0.4) is 0 Å². The van der Waals surface area contributed by atoms with Crippen LogP contribution in [0.1, 0.15) is 63.0 Å². The summed E-state index contributed by atoms with van der Waals surface area (Å²) in [6.45, 7) is 10.1. The van der Waals surface area contributed by atoms with E-state index in [1.807, 2.05) is 4.68 Å². The van der Waals surface area contributed by atoms with E-state index in [1.165, 1.54) is 25.5 Å². The first kappa shape index (κ1) is 15.0. The monoisotopic (exact) mass is 279 g/mol. The van der Waals surface area contributed by atoms with E-state index >= 15 is 0 Å². The molecule has 5 nitrogen and oxygen atoms in total. The van der Waals surface area contributed by atoms with Crippen molar-refractivity contribution in [1.29, 1.82) is 0 Å². The fourth-order valence-corrected chi connectivity index (χ4v) is 2.87. The molecule has 2 heterocycles. The van der Waals surface area contributed by atoms with Crippen LogP contribution >= 0.6 is 0 Å². The van der Waals surface area contributed by atoms with Gasteiger partial charge in [-0.15, -0.1) is 0 Å². The van der Waals surface area contributed by atoms with Crippen molar-refractivity contribution in [2.45, 2.75) is 65.1 Å². The number of piperidine rings is 1. The summed E-state index contributed by atoms with van der Waals surface area (Å²) in [6.07, 6.45) is 5.13. The highest BCUT2D eigenvalue weighted by Crippen LogP contribution is 2.24. The molecule has 1 fully saturated rings. The molecule has 1 unspecified atom stereocenters. The zero-order valence-corrected chi connectivity index (χ0v) is 12.9. The second-order valence-electron chi connectivity index (χ2n) is 6.71. The molecule has 1 saturated heterocycles. The first-order valence-corrected chi connectivity index (χ1v) is 7.35. The maximum atomic E-state index is 11.4. The van der Waals surface area contributed by atoms with Crippen molar-refractivity contribution in [3.63, 3.8) is 0 Å². The summed E-state index contributed by atoms with van der Waals surface area (Å²) >= 11 is 0. The van der Waals surface area contributed by atoms with Crippen LogP contribution in [-0.2, 0) is 12.1 Å². The molecule has 20 heavy (non-hydrogen) atoms. The van der Waals surface area contributed by atoms with Crippen molar-refractivity contribution in [3.8, 4) is 0 Å². The van der Waals surface area contributed by atoms with Gasteiger partial charge in [0.15, 0.2) is 0 Å². The molecule has 0 spiro atoms. The van der Waals surface area contributed by atoms with Gasteiger partial charge in [0.05, 0.1) is 17.4 Å². The molecule has 2 rings (SSSR count). The van der Waals surface area contributed by atoms with Gasteiger partial charge in [-0.1, -0.05) is 6.42 Å². The molecule has 0 bridgehead atoms. The molecule has 0 saturated carbocycles. The number of nitrogens with zero attached hydrogens (tertiary/aromatic N) is 3. The molecule has 1 aromatic heterocycles. The van der Waals surface area contributed by atoms with Gasteiger partial charge in [-0.2, -0.15) is 5.10 Å². The summed E-state index contributed by atoms with van der Waals surface area (Å²) in [5.74, 6) is -0.889. The second-order valence-corrected chi connectivity index (χ2v) is 6.71. The van der Waals surface area contributed by atoms with Gasteiger partial charge in [0.2, 0.25) is 0 Å². The van der Waals surface area contributed by atoms with Crippen molar-refractivity contribution in [3.05, 3.63) is 17.5 Å². The maximum Gasteiger partial charge on any atom is 0.339 e. The average molecular weight is 279 g/mol. The normalized spacial score (nSPS) is 21.1. The van der Waals surface area contributed by atoms with E-state index in [2.05, 4.69) is 37.7 Å². The predicted octanol–water partition coefficient (Wildman–Crippen LogP) is 2.71. The molecular weight excluding hydrogens is 254 g/mol. The van der Waals surface area contributed by atoms with Crippen molar-refractivity contribution in [2.75, 3.05) is 6.54 Å². The van der Waals surface area contributed by atoms with Gasteiger partial charge in [0.1, 0.15) is 5.56 Å². The summed E-state index contributed by atoms with van der Waals surface area (Å²) in [6, 6.07) is 0.508. The van der Waals surface area contributed by atoms with Crippen molar-refractivity contribution in [2.24, 2.45) is 0 Å². The van der Waals surface area contributed by atoms with Gasteiger partial charge in [-0.05, 0) is 47.1 Å². The van der Waals surface area contributed by atoms with E-state index in [0.717, 1.165) is 12.2 Å². The molecule has 1 N–H and O–H groups in total. The molecule has 1 aliphatic rings. The molecule has 0 radical (unpaired) electrons. The lowest BCUT2D eigenvalue weighted by molar-refractivity contribution is 0.0691.